The first-order chi connectivity index (χ1) is 14.5. The highest BCUT2D eigenvalue weighted by Gasteiger charge is 2.16. The van der Waals surface area contributed by atoms with Crippen LogP contribution in [0.5, 0.6) is 0 Å². The van der Waals surface area contributed by atoms with Crippen LogP contribution in [0.25, 0.3) is 0 Å². The van der Waals surface area contributed by atoms with Crippen LogP contribution in [-0.4, -0.2) is 34.2 Å². The smallest absolute Gasteiger partial charge is 0.469 e. The lowest BCUT2D eigenvalue weighted by Gasteiger charge is -2.10. The van der Waals surface area contributed by atoms with Gasteiger partial charge < -0.3 is 19.6 Å². The molecule has 3 N–H and O–H groups in total. The fraction of sp³-hybridized carbons (Fsp3) is 0.913. The van der Waals surface area contributed by atoms with Crippen molar-refractivity contribution in [1.82, 2.24) is 0 Å². The van der Waals surface area contributed by atoms with Gasteiger partial charge in [0.15, 0.2) is 0 Å². The molecule has 7 heteroatoms. The molecule has 0 heterocycles. The maximum Gasteiger partial charge on any atom is 0.469 e. The van der Waals surface area contributed by atoms with E-state index in [-0.39, 0.29) is 6.61 Å². The monoisotopic (exact) mass is 450 g/mol. The van der Waals surface area contributed by atoms with Crippen LogP contribution in [0.4, 0.5) is 0 Å². The zero-order chi connectivity index (χ0) is 22.3. The number of hydrogen-bond donors (Lipinski definition) is 3. The molecule has 0 unspecified atom stereocenters. The Morgan fingerprint density at radius 2 is 1.17 bits per heavy atom. The Kier molecular flexibility index (Phi) is 21.5. The molecule has 180 valence electrons. The predicted molar refractivity (Wildman–Crippen MR) is 123 cm³/mol. The van der Waals surface area contributed by atoms with Gasteiger partial charge in [0.05, 0.1) is 12.9 Å². The summed E-state index contributed by atoms with van der Waals surface area (Å²) >= 11 is 0. The van der Waals surface area contributed by atoms with Crippen molar-refractivity contribution in [1.29, 1.82) is 0 Å². The van der Waals surface area contributed by atoms with E-state index in [9.17, 15) is 9.67 Å². The number of phosphoric acid groups is 1. The van der Waals surface area contributed by atoms with Crippen LogP contribution in [0.2, 0.25) is 0 Å². The average Bonchev–Trinajstić information content (AvgIpc) is 2.70. The van der Waals surface area contributed by atoms with Crippen LogP contribution < -0.4 is 0 Å². The lowest BCUT2D eigenvalue weighted by atomic mass is 10.0. The first-order valence-electron chi connectivity index (χ1n) is 12.1. The Bertz CT molecular complexity index is 424. The molecule has 0 aromatic carbocycles. The molecule has 0 saturated carbocycles. The molecule has 30 heavy (non-hydrogen) atoms. The van der Waals surface area contributed by atoms with Gasteiger partial charge in [0.2, 0.25) is 0 Å². The summed E-state index contributed by atoms with van der Waals surface area (Å²) in [6.07, 6.45) is 25.1. The maximum atomic E-state index is 10.5. The number of unbranched alkanes of at least 4 members (excludes halogenated alkanes) is 16. The van der Waals surface area contributed by atoms with Crippen LogP contribution in [0.15, 0.2) is 12.3 Å². The van der Waals surface area contributed by atoms with Gasteiger partial charge in [0, 0.05) is 0 Å². The molecule has 0 spiro atoms. The fourth-order valence-electron chi connectivity index (χ4n) is 3.34. The van der Waals surface area contributed by atoms with Gasteiger partial charge in [0.25, 0.3) is 0 Å². The number of ether oxygens (including phenoxy) is 1. The second kappa shape index (κ2) is 21.8. The molecule has 0 rings (SSSR count). The first kappa shape index (κ1) is 29.6. The van der Waals surface area contributed by atoms with Crippen molar-refractivity contribution in [2.45, 2.75) is 122 Å². The summed E-state index contributed by atoms with van der Waals surface area (Å²) < 4.78 is 19.8. The maximum absolute atomic E-state index is 10.5. The molecule has 0 aromatic heterocycles. The summed E-state index contributed by atoms with van der Waals surface area (Å²) in [4.78, 5) is 17.1. The summed E-state index contributed by atoms with van der Waals surface area (Å²) in [5.41, 5.74) is 0. The molecule has 0 amide bonds. The van der Waals surface area contributed by atoms with Crippen molar-refractivity contribution in [2.24, 2.45) is 0 Å². The van der Waals surface area contributed by atoms with Gasteiger partial charge in [-0.2, -0.15) is 0 Å². The Hall–Kier alpha value is -0.390. The van der Waals surface area contributed by atoms with E-state index >= 15 is 0 Å². The molecule has 0 aliphatic rings. The topological polar surface area (TPSA) is 96.2 Å². The lowest BCUT2D eigenvalue weighted by molar-refractivity contribution is 0.0357. The molecule has 0 bridgehead atoms. The molecular weight excluding hydrogens is 403 g/mol. The van der Waals surface area contributed by atoms with E-state index in [4.69, 9.17) is 14.5 Å². The van der Waals surface area contributed by atoms with Crippen LogP contribution in [0.3, 0.4) is 0 Å². The first-order valence-corrected chi connectivity index (χ1v) is 13.6. The van der Waals surface area contributed by atoms with Crippen LogP contribution in [0, 0.1) is 0 Å². The van der Waals surface area contributed by atoms with Crippen LogP contribution >= 0.6 is 7.82 Å². The summed E-state index contributed by atoms with van der Waals surface area (Å²) in [6.45, 7) is 1.78. The molecule has 1 atom stereocenters. The molecule has 0 saturated heterocycles. The second-order valence-electron chi connectivity index (χ2n) is 8.24. The largest absolute Gasteiger partial charge is 0.499 e. The van der Waals surface area contributed by atoms with Crippen molar-refractivity contribution < 1.29 is 28.7 Å². The SMILES string of the molecule is CCCCCCCCCCCCCCCCCC/C=C\OC[C@@H](O)COP(=O)(O)O. The molecule has 0 aliphatic heterocycles. The van der Waals surface area contributed by atoms with E-state index in [1.54, 1.807) is 0 Å². The lowest BCUT2D eigenvalue weighted by Crippen LogP contribution is -2.19. The normalized spacial score (nSPS) is 13.2. The van der Waals surface area contributed by atoms with Gasteiger partial charge in [-0.25, -0.2) is 4.57 Å². The number of phosphoric ester groups is 1. The highest BCUT2D eigenvalue weighted by molar-refractivity contribution is 7.46. The quantitative estimate of drug-likeness (QED) is 0.0917. The van der Waals surface area contributed by atoms with Gasteiger partial charge in [-0.1, -0.05) is 103 Å². The molecule has 6 nitrogen and oxygen atoms in total. The van der Waals surface area contributed by atoms with Gasteiger partial charge in [0.1, 0.15) is 12.7 Å². The van der Waals surface area contributed by atoms with Gasteiger partial charge in [-0.3, -0.25) is 4.52 Å². The van der Waals surface area contributed by atoms with Crippen LogP contribution in [0.1, 0.15) is 116 Å². The van der Waals surface area contributed by atoms with E-state index in [0.717, 1.165) is 12.8 Å². The summed E-state index contributed by atoms with van der Waals surface area (Å²) in [5.74, 6) is 0. The van der Waals surface area contributed by atoms with Gasteiger partial charge in [-0.15, -0.1) is 0 Å². The van der Waals surface area contributed by atoms with Crippen LogP contribution in [-0.2, 0) is 13.8 Å². The fourth-order valence-corrected chi connectivity index (χ4v) is 3.71. The number of aliphatic hydroxyl groups excluding tert-OH is 1. The molecule has 0 radical (unpaired) electrons. The van der Waals surface area contributed by atoms with E-state index in [1.165, 1.54) is 103 Å². The number of hydrogen-bond acceptors (Lipinski definition) is 4. The molecule has 0 aromatic rings. The molecule has 0 aliphatic carbocycles. The second-order valence-corrected chi connectivity index (χ2v) is 9.48. The molecule has 0 fully saturated rings. The third-order valence-electron chi connectivity index (χ3n) is 5.14. The minimum absolute atomic E-state index is 0.0462. The van der Waals surface area contributed by atoms with Crippen molar-refractivity contribution in [3.8, 4) is 0 Å². The third kappa shape index (κ3) is 25.6. The van der Waals surface area contributed by atoms with Gasteiger partial charge >= 0.3 is 7.82 Å². The predicted octanol–water partition coefficient (Wildman–Crippen LogP) is 6.64. The number of aliphatic hydroxyl groups is 1. The zero-order valence-electron chi connectivity index (χ0n) is 19.2. The third-order valence-corrected chi connectivity index (χ3v) is 5.63. The standard InChI is InChI=1S/C23H47O6P/c1-2-3-4-5-6-7-8-9-10-11-12-13-14-15-16-17-18-19-20-28-21-23(24)22-29-30(25,26)27/h19-20,23-24H,2-18,21-22H2,1H3,(H2,25,26,27)/b20-19-/t23-/m1/s1. The molecular formula is C23H47O6P. The summed E-state index contributed by atoms with van der Waals surface area (Å²) in [5, 5.41) is 9.44. The highest BCUT2D eigenvalue weighted by Crippen LogP contribution is 2.35. The van der Waals surface area contributed by atoms with E-state index < -0.39 is 20.5 Å². The van der Waals surface area contributed by atoms with Gasteiger partial charge in [-0.05, 0) is 18.9 Å². The minimum atomic E-state index is -4.53. The summed E-state index contributed by atoms with van der Waals surface area (Å²) in [6, 6.07) is 0. The Morgan fingerprint density at radius 3 is 1.60 bits per heavy atom. The summed E-state index contributed by atoms with van der Waals surface area (Å²) in [7, 11) is -4.53. The zero-order valence-corrected chi connectivity index (χ0v) is 20.1. The Balaban J connectivity index is 3.20. The Morgan fingerprint density at radius 1 is 0.733 bits per heavy atom. The number of rotatable bonds is 23. The average molecular weight is 451 g/mol. The van der Waals surface area contributed by atoms with Crippen molar-refractivity contribution in [3.63, 3.8) is 0 Å². The Labute approximate surface area is 184 Å². The number of allylic oxidation sites excluding steroid dienone is 1. The van der Waals surface area contributed by atoms with Crippen molar-refractivity contribution >= 4 is 7.82 Å². The van der Waals surface area contributed by atoms with E-state index in [2.05, 4.69) is 11.4 Å². The van der Waals surface area contributed by atoms with E-state index in [0.29, 0.717) is 0 Å². The van der Waals surface area contributed by atoms with Crippen molar-refractivity contribution in [2.75, 3.05) is 13.2 Å². The minimum Gasteiger partial charge on any atom is -0.499 e. The van der Waals surface area contributed by atoms with Crippen molar-refractivity contribution in [3.05, 3.63) is 12.3 Å². The highest BCUT2D eigenvalue weighted by atomic mass is 31.2. The van der Waals surface area contributed by atoms with E-state index in [1.807, 2.05) is 6.08 Å².